The lowest BCUT2D eigenvalue weighted by molar-refractivity contribution is 0.102. The molecule has 18 heavy (non-hydrogen) atoms. The first-order valence-corrected chi connectivity index (χ1v) is 6.51. The Morgan fingerprint density at radius 1 is 1.39 bits per heavy atom. The maximum absolute atomic E-state index is 12.5. The number of rotatable bonds is 3. The molecule has 0 fully saturated rings. The van der Waals surface area contributed by atoms with Gasteiger partial charge in [0, 0.05) is 38.6 Å². The number of hydrogen-bond donors (Lipinski definition) is 0. The number of aryl methyl sites for hydroxylation is 2. The summed E-state index contributed by atoms with van der Waals surface area (Å²) in [5, 5.41) is 4.49. The average molecular weight is 247 g/mol. The molecule has 1 aromatic heterocycles. The molecular weight excluding hydrogens is 226 g/mol. The van der Waals surface area contributed by atoms with E-state index in [-0.39, 0.29) is 5.78 Å². The van der Waals surface area contributed by atoms with E-state index in [1.807, 2.05) is 36.9 Å². The summed E-state index contributed by atoms with van der Waals surface area (Å²) in [6.07, 6.45) is 5.56. The van der Waals surface area contributed by atoms with Gasteiger partial charge in [-0.2, -0.15) is 5.10 Å². The fourth-order valence-corrected chi connectivity index (χ4v) is 2.54. The van der Waals surface area contributed by atoms with Crippen LogP contribution in [0.25, 0.3) is 0 Å². The largest absolute Gasteiger partial charge is 0.383 e. The minimum atomic E-state index is 0.168. The first kappa shape index (κ1) is 12.9. The molecule has 98 valence electrons. The number of fused-ring (bicyclic) bond motifs is 1. The van der Waals surface area contributed by atoms with Crippen LogP contribution in [0.3, 0.4) is 0 Å². The second-order valence-corrected chi connectivity index (χ2v) is 5.09. The van der Waals surface area contributed by atoms with Gasteiger partial charge in [-0.1, -0.05) is 13.3 Å². The SMILES string of the molecule is CCCc1c2c(nn1C)CC/C(=C\N(C)C)C2=O. The van der Waals surface area contributed by atoms with E-state index >= 15 is 0 Å². The van der Waals surface area contributed by atoms with Gasteiger partial charge < -0.3 is 4.90 Å². The maximum atomic E-state index is 12.5. The molecule has 0 saturated carbocycles. The Bertz CT molecular complexity index is 497. The molecule has 1 aromatic rings. The molecule has 2 rings (SSSR count). The van der Waals surface area contributed by atoms with Crippen LogP contribution in [0.5, 0.6) is 0 Å². The molecule has 4 heteroatoms. The average Bonchev–Trinajstić information content (AvgIpc) is 2.61. The van der Waals surface area contributed by atoms with Crippen LogP contribution in [0.15, 0.2) is 11.8 Å². The Kier molecular flexibility index (Phi) is 3.55. The molecule has 1 aliphatic rings. The topological polar surface area (TPSA) is 38.1 Å². The standard InChI is InChI=1S/C14H21N3O/c1-5-6-12-13-11(15-17(12)4)8-7-10(14(13)18)9-16(2)3/h9H,5-8H2,1-4H3/b10-9+. The van der Waals surface area contributed by atoms with Gasteiger partial charge >= 0.3 is 0 Å². The molecule has 4 nitrogen and oxygen atoms in total. The molecule has 0 saturated heterocycles. The molecule has 0 aliphatic heterocycles. The van der Waals surface area contributed by atoms with E-state index in [0.29, 0.717) is 0 Å². The van der Waals surface area contributed by atoms with E-state index in [1.165, 1.54) is 0 Å². The van der Waals surface area contributed by atoms with Crippen LogP contribution >= 0.6 is 0 Å². The van der Waals surface area contributed by atoms with Crippen LogP contribution < -0.4 is 0 Å². The molecule has 0 bridgehead atoms. The monoisotopic (exact) mass is 247 g/mol. The predicted octanol–water partition coefficient (Wildman–Crippen LogP) is 1.95. The second kappa shape index (κ2) is 4.96. The van der Waals surface area contributed by atoms with Crippen LogP contribution in [0.2, 0.25) is 0 Å². The first-order chi connectivity index (χ1) is 8.54. The summed E-state index contributed by atoms with van der Waals surface area (Å²) in [7, 11) is 5.84. The zero-order valence-electron chi connectivity index (χ0n) is 11.7. The van der Waals surface area contributed by atoms with Crippen LogP contribution in [-0.4, -0.2) is 34.6 Å². The molecule has 0 aromatic carbocycles. The molecule has 0 amide bonds. The van der Waals surface area contributed by atoms with E-state index < -0.39 is 0 Å². The fraction of sp³-hybridized carbons (Fsp3) is 0.571. The van der Waals surface area contributed by atoms with Crippen molar-refractivity contribution in [2.24, 2.45) is 7.05 Å². The number of ketones is 1. The predicted molar refractivity (Wildman–Crippen MR) is 71.6 cm³/mol. The molecule has 1 heterocycles. The van der Waals surface area contributed by atoms with Gasteiger partial charge in [-0.15, -0.1) is 0 Å². The van der Waals surface area contributed by atoms with Crippen LogP contribution in [0.1, 0.15) is 41.5 Å². The van der Waals surface area contributed by atoms with E-state index in [4.69, 9.17) is 0 Å². The summed E-state index contributed by atoms with van der Waals surface area (Å²) >= 11 is 0. The van der Waals surface area contributed by atoms with Crippen molar-refractivity contribution in [2.75, 3.05) is 14.1 Å². The summed E-state index contributed by atoms with van der Waals surface area (Å²) < 4.78 is 1.88. The van der Waals surface area contributed by atoms with Crippen molar-refractivity contribution in [2.45, 2.75) is 32.6 Å². The van der Waals surface area contributed by atoms with Gasteiger partial charge in [0.2, 0.25) is 0 Å². The van der Waals surface area contributed by atoms with Gasteiger partial charge in [0.15, 0.2) is 5.78 Å². The highest BCUT2D eigenvalue weighted by molar-refractivity contribution is 6.11. The van der Waals surface area contributed by atoms with Crippen molar-refractivity contribution >= 4 is 5.78 Å². The number of carbonyl (C=O) groups excluding carboxylic acids is 1. The number of aromatic nitrogens is 2. The molecule has 0 spiro atoms. The molecule has 0 atom stereocenters. The molecule has 0 unspecified atom stereocenters. The summed E-state index contributed by atoms with van der Waals surface area (Å²) in [6, 6.07) is 0. The quantitative estimate of drug-likeness (QED) is 0.766. The minimum absolute atomic E-state index is 0.168. The van der Waals surface area contributed by atoms with Crippen molar-refractivity contribution in [3.05, 3.63) is 28.7 Å². The highest BCUT2D eigenvalue weighted by Crippen LogP contribution is 2.28. The smallest absolute Gasteiger partial charge is 0.194 e. The lowest BCUT2D eigenvalue weighted by Gasteiger charge is -2.16. The molecule has 0 N–H and O–H groups in total. The third kappa shape index (κ3) is 2.19. The van der Waals surface area contributed by atoms with E-state index in [9.17, 15) is 4.79 Å². The molecular formula is C14H21N3O. The third-order valence-electron chi connectivity index (χ3n) is 3.29. The van der Waals surface area contributed by atoms with Gasteiger partial charge in [-0.25, -0.2) is 0 Å². The van der Waals surface area contributed by atoms with Crippen LogP contribution in [-0.2, 0) is 19.9 Å². The van der Waals surface area contributed by atoms with Crippen molar-refractivity contribution in [3.63, 3.8) is 0 Å². The first-order valence-electron chi connectivity index (χ1n) is 6.51. The number of hydrogen-bond acceptors (Lipinski definition) is 3. The van der Waals surface area contributed by atoms with Crippen molar-refractivity contribution in [3.8, 4) is 0 Å². The Hall–Kier alpha value is -1.58. The number of carbonyl (C=O) groups is 1. The van der Waals surface area contributed by atoms with Crippen molar-refractivity contribution in [1.82, 2.24) is 14.7 Å². The Balaban J connectivity index is 2.44. The highest BCUT2D eigenvalue weighted by Gasteiger charge is 2.28. The van der Waals surface area contributed by atoms with Crippen molar-refractivity contribution < 1.29 is 4.79 Å². The molecule has 1 aliphatic carbocycles. The van der Waals surface area contributed by atoms with E-state index in [1.54, 1.807) is 0 Å². The fourth-order valence-electron chi connectivity index (χ4n) is 2.54. The third-order valence-corrected chi connectivity index (χ3v) is 3.29. The van der Waals surface area contributed by atoms with Crippen molar-refractivity contribution in [1.29, 1.82) is 0 Å². The zero-order chi connectivity index (χ0) is 13.3. The Labute approximate surface area is 108 Å². The number of nitrogens with zero attached hydrogens (tertiary/aromatic N) is 3. The Morgan fingerprint density at radius 3 is 2.72 bits per heavy atom. The van der Waals surface area contributed by atoms with Gasteiger partial charge in [0.25, 0.3) is 0 Å². The van der Waals surface area contributed by atoms with Crippen LogP contribution in [0, 0.1) is 0 Å². The van der Waals surface area contributed by atoms with E-state index in [2.05, 4.69) is 12.0 Å². The zero-order valence-corrected chi connectivity index (χ0v) is 11.7. The summed E-state index contributed by atoms with van der Waals surface area (Å²) in [4.78, 5) is 14.5. The summed E-state index contributed by atoms with van der Waals surface area (Å²) in [5.41, 5.74) is 3.82. The Morgan fingerprint density at radius 2 is 2.11 bits per heavy atom. The number of Topliss-reactive ketones (excluding diaryl/α,β-unsaturated/α-hetero) is 1. The van der Waals surface area contributed by atoms with Crippen LogP contribution in [0.4, 0.5) is 0 Å². The minimum Gasteiger partial charge on any atom is -0.383 e. The van der Waals surface area contributed by atoms with Gasteiger partial charge in [-0.05, 0) is 19.3 Å². The van der Waals surface area contributed by atoms with Gasteiger partial charge in [0.05, 0.1) is 11.3 Å². The van der Waals surface area contributed by atoms with Gasteiger partial charge in [-0.3, -0.25) is 9.48 Å². The van der Waals surface area contributed by atoms with Gasteiger partial charge in [0.1, 0.15) is 0 Å². The highest BCUT2D eigenvalue weighted by atomic mass is 16.1. The van der Waals surface area contributed by atoms with E-state index in [0.717, 1.165) is 48.2 Å². The summed E-state index contributed by atoms with van der Waals surface area (Å²) in [6.45, 7) is 2.13. The maximum Gasteiger partial charge on any atom is 0.194 e. The summed E-state index contributed by atoms with van der Waals surface area (Å²) in [5.74, 6) is 0.168. The number of allylic oxidation sites excluding steroid dienone is 1. The normalized spacial score (nSPS) is 17.1. The lowest BCUT2D eigenvalue weighted by atomic mass is 9.89. The lowest BCUT2D eigenvalue weighted by Crippen LogP contribution is -2.17. The second-order valence-electron chi connectivity index (χ2n) is 5.09. The molecule has 0 radical (unpaired) electrons.